The number of halogens is 1. The molecule has 1 amide bonds. The summed E-state index contributed by atoms with van der Waals surface area (Å²) in [5, 5.41) is 13.2. The Morgan fingerprint density at radius 2 is 1.85 bits per heavy atom. The predicted octanol–water partition coefficient (Wildman–Crippen LogP) is 2.65. The lowest BCUT2D eigenvalue weighted by Gasteiger charge is -2.40. The van der Waals surface area contributed by atoms with Crippen LogP contribution in [-0.4, -0.2) is 24.2 Å². The van der Waals surface area contributed by atoms with Gasteiger partial charge in [0, 0.05) is 17.0 Å². The van der Waals surface area contributed by atoms with Crippen molar-refractivity contribution >= 4 is 17.5 Å². The molecular weight excluding hydrogens is 274 g/mol. The highest BCUT2D eigenvalue weighted by Gasteiger charge is 2.51. The molecule has 2 aliphatic rings. The molecule has 0 atom stereocenters. The van der Waals surface area contributed by atoms with Crippen molar-refractivity contribution in [3.8, 4) is 0 Å². The first-order valence-electron chi connectivity index (χ1n) is 7.26. The van der Waals surface area contributed by atoms with Crippen molar-refractivity contribution in [2.45, 2.75) is 37.5 Å². The van der Waals surface area contributed by atoms with E-state index in [1.165, 1.54) is 0 Å². The fourth-order valence-electron chi connectivity index (χ4n) is 3.05. The summed E-state index contributed by atoms with van der Waals surface area (Å²) in [7, 11) is 0. The average molecular weight is 294 g/mol. The molecule has 0 aliphatic heterocycles. The summed E-state index contributed by atoms with van der Waals surface area (Å²) in [6, 6.07) is 7.57. The topological polar surface area (TPSA) is 49.3 Å². The smallest absolute Gasteiger partial charge is 0.230 e. The molecule has 0 bridgehead atoms. The molecule has 0 aromatic heterocycles. The number of nitrogens with one attached hydrogen (secondary N) is 1. The van der Waals surface area contributed by atoms with E-state index in [4.69, 9.17) is 11.6 Å². The maximum atomic E-state index is 12.5. The van der Waals surface area contributed by atoms with Crippen molar-refractivity contribution in [2.24, 2.45) is 5.41 Å². The van der Waals surface area contributed by atoms with Crippen LogP contribution in [0.5, 0.6) is 0 Å². The van der Waals surface area contributed by atoms with Crippen LogP contribution in [0.2, 0.25) is 5.02 Å². The maximum absolute atomic E-state index is 12.5. The van der Waals surface area contributed by atoms with Crippen LogP contribution in [0.15, 0.2) is 24.3 Å². The summed E-state index contributed by atoms with van der Waals surface area (Å²) >= 11 is 5.90. The third-order valence-corrected chi connectivity index (χ3v) is 5.21. The highest BCUT2D eigenvalue weighted by atomic mass is 35.5. The largest absolute Gasteiger partial charge is 0.396 e. The van der Waals surface area contributed by atoms with Gasteiger partial charge in [-0.2, -0.15) is 0 Å². The number of aliphatic hydroxyl groups is 1. The third-order valence-electron chi connectivity index (χ3n) is 4.96. The van der Waals surface area contributed by atoms with Crippen LogP contribution in [0.3, 0.4) is 0 Å². The van der Waals surface area contributed by atoms with E-state index in [-0.39, 0.29) is 23.3 Å². The molecule has 3 nitrogen and oxygen atoms in total. The zero-order valence-corrected chi connectivity index (χ0v) is 12.2. The summed E-state index contributed by atoms with van der Waals surface area (Å²) in [6.45, 7) is 0.763. The van der Waals surface area contributed by atoms with E-state index in [0.29, 0.717) is 11.6 Å². The van der Waals surface area contributed by atoms with Crippen molar-refractivity contribution in [1.82, 2.24) is 5.32 Å². The number of benzene rings is 1. The number of aliphatic hydroxyl groups excluding tert-OH is 1. The Kier molecular flexibility index (Phi) is 3.51. The van der Waals surface area contributed by atoms with Crippen LogP contribution >= 0.6 is 11.6 Å². The van der Waals surface area contributed by atoms with E-state index in [9.17, 15) is 9.90 Å². The predicted molar refractivity (Wildman–Crippen MR) is 78.7 cm³/mol. The fourth-order valence-corrected chi connectivity index (χ4v) is 3.17. The molecular formula is C16H20ClNO2. The van der Waals surface area contributed by atoms with Crippen molar-refractivity contribution in [2.75, 3.05) is 13.2 Å². The molecule has 2 fully saturated rings. The van der Waals surface area contributed by atoms with Gasteiger partial charge in [-0.1, -0.05) is 30.2 Å². The highest BCUT2D eigenvalue weighted by molar-refractivity contribution is 6.30. The Hall–Kier alpha value is -1.06. The average Bonchev–Trinajstić information content (AvgIpc) is 3.20. The van der Waals surface area contributed by atoms with Gasteiger partial charge < -0.3 is 10.4 Å². The molecule has 2 N–H and O–H groups in total. The van der Waals surface area contributed by atoms with E-state index in [0.717, 1.165) is 37.7 Å². The van der Waals surface area contributed by atoms with Crippen LogP contribution in [0, 0.1) is 5.41 Å². The maximum Gasteiger partial charge on any atom is 0.230 e. The Morgan fingerprint density at radius 3 is 2.30 bits per heavy atom. The van der Waals surface area contributed by atoms with Crippen molar-refractivity contribution in [3.63, 3.8) is 0 Å². The van der Waals surface area contributed by atoms with Crippen LogP contribution < -0.4 is 5.32 Å². The van der Waals surface area contributed by atoms with Crippen LogP contribution in [-0.2, 0) is 10.2 Å². The third kappa shape index (κ3) is 2.33. The van der Waals surface area contributed by atoms with Gasteiger partial charge in [-0.25, -0.2) is 0 Å². The SMILES string of the molecule is O=C(NCC1(CO)CCC1)C1(c2ccc(Cl)cc2)CC1. The monoisotopic (exact) mass is 293 g/mol. The highest BCUT2D eigenvalue weighted by Crippen LogP contribution is 2.49. The van der Waals surface area contributed by atoms with Crippen LogP contribution in [0.25, 0.3) is 0 Å². The molecule has 4 heteroatoms. The summed E-state index contributed by atoms with van der Waals surface area (Å²) in [6.07, 6.45) is 4.97. The van der Waals surface area contributed by atoms with Crippen LogP contribution in [0.4, 0.5) is 0 Å². The number of amides is 1. The molecule has 2 aliphatic carbocycles. The van der Waals surface area contributed by atoms with Gasteiger partial charge in [-0.3, -0.25) is 4.79 Å². The molecule has 20 heavy (non-hydrogen) atoms. The minimum absolute atomic E-state index is 0.0638. The molecule has 108 valence electrons. The van der Waals surface area contributed by atoms with Crippen LogP contribution in [0.1, 0.15) is 37.7 Å². The van der Waals surface area contributed by atoms with Gasteiger partial charge in [0.05, 0.1) is 12.0 Å². The van der Waals surface area contributed by atoms with E-state index < -0.39 is 0 Å². The van der Waals surface area contributed by atoms with E-state index in [2.05, 4.69) is 5.32 Å². The van der Waals surface area contributed by atoms with Crippen molar-refractivity contribution in [3.05, 3.63) is 34.9 Å². The summed E-state index contributed by atoms with van der Waals surface area (Å²) < 4.78 is 0. The Labute approximate surface area is 124 Å². The molecule has 2 saturated carbocycles. The minimum Gasteiger partial charge on any atom is -0.396 e. The Balaban J connectivity index is 1.66. The summed E-state index contributed by atoms with van der Waals surface area (Å²) in [5.41, 5.74) is 0.627. The number of hydrogen-bond acceptors (Lipinski definition) is 2. The van der Waals surface area contributed by atoms with Gasteiger partial charge in [0.25, 0.3) is 0 Å². The van der Waals surface area contributed by atoms with Crippen molar-refractivity contribution < 1.29 is 9.90 Å². The Bertz CT molecular complexity index is 498. The second-order valence-corrected chi connectivity index (χ2v) is 6.72. The fraction of sp³-hybridized carbons (Fsp3) is 0.562. The number of carbonyl (C=O) groups is 1. The van der Waals surface area contributed by atoms with E-state index in [1.807, 2.05) is 24.3 Å². The standard InChI is InChI=1S/C16H20ClNO2/c17-13-4-2-12(3-5-13)16(8-9-16)14(20)18-10-15(11-19)6-1-7-15/h2-5,19H,1,6-11H2,(H,18,20). The van der Waals surface area contributed by atoms with Gasteiger partial charge in [0.15, 0.2) is 0 Å². The second-order valence-electron chi connectivity index (χ2n) is 6.28. The zero-order chi connectivity index (χ0) is 14.2. The van der Waals surface area contributed by atoms with Gasteiger partial charge in [0.2, 0.25) is 5.91 Å². The summed E-state index contributed by atoms with van der Waals surface area (Å²) in [4.78, 5) is 12.5. The molecule has 0 unspecified atom stereocenters. The normalized spacial score (nSPS) is 21.9. The van der Waals surface area contributed by atoms with Gasteiger partial charge in [-0.05, 0) is 43.4 Å². The number of rotatable bonds is 5. The van der Waals surface area contributed by atoms with Crippen molar-refractivity contribution in [1.29, 1.82) is 0 Å². The molecule has 0 saturated heterocycles. The van der Waals surface area contributed by atoms with E-state index in [1.54, 1.807) is 0 Å². The van der Waals surface area contributed by atoms with Gasteiger partial charge >= 0.3 is 0 Å². The quantitative estimate of drug-likeness (QED) is 0.877. The molecule has 0 spiro atoms. The minimum atomic E-state index is -0.356. The molecule has 3 rings (SSSR count). The number of hydrogen-bond donors (Lipinski definition) is 2. The van der Waals surface area contributed by atoms with Gasteiger partial charge in [0.1, 0.15) is 0 Å². The molecule has 1 aromatic rings. The Morgan fingerprint density at radius 1 is 1.20 bits per heavy atom. The first-order valence-corrected chi connectivity index (χ1v) is 7.63. The molecule has 0 radical (unpaired) electrons. The molecule has 0 heterocycles. The second kappa shape index (κ2) is 5.05. The zero-order valence-electron chi connectivity index (χ0n) is 11.5. The number of carbonyl (C=O) groups excluding carboxylic acids is 1. The van der Waals surface area contributed by atoms with E-state index >= 15 is 0 Å². The summed E-state index contributed by atoms with van der Waals surface area (Å²) in [5.74, 6) is 0.0968. The van der Waals surface area contributed by atoms with Gasteiger partial charge in [-0.15, -0.1) is 0 Å². The first kappa shape index (κ1) is 13.9. The lowest BCUT2D eigenvalue weighted by molar-refractivity contribution is -0.124. The lowest BCUT2D eigenvalue weighted by atomic mass is 9.69. The lowest BCUT2D eigenvalue weighted by Crippen LogP contribution is -2.47. The first-order chi connectivity index (χ1) is 9.60. The molecule has 1 aromatic carbocycles.